The topological polar surface area (TPSA) is 54.4 Å². The molecule has 1 aromatic rings. The zero-order valence-corrected chi connectivity index (χ0v) is 10.6. The lowest BCUT2D eigenvalue weighted by Crippen LogP contribution is -2.30. The molecule has 0 bridgehead atoms. The van der Waals surface area contributed by atoms with E-state index < -0.39 is 15.9 Å². The van der Waals surface area contributed by atoms with E-state index in [0.29, 0.717) is 4.90 Å². The Morgan fingerprint density at radius 3 is 2.41 bits per heavy atom. The fourth-order valence-corrected chi connectivity index (χ4v) is 4.11. The van der Waals surface area contributed by atoms with Crippen LogP contribution < -0.4 is 0 Å². The zero-order chi connectivity index (χ0) is 12.3. The molecule has 0 aromatic heterocycles. The normalized spacial score (nSPS) is 25.7. The first-order valence-corrected chi connectivity index (χ1v) is 7.71. The smallest absolute Gasteiger partial charge is 0.178 e. The van der Waals surface area contributed by atoms with Crippen LogP contribution in [0.4, 0.5) is 0 Å². The summed E-state index contributed by atoms with van der Waals surface area (Å²) in [5.41, 5.74) is 0. The number of hydrogen-bond acceptors (Lipinski definition) is 3. The van der Waals surface area contributed by atoms with Gasteiger partial charge in [-0.1, -0.05) is 31.0 Å². The van der Waals surface area contributed by atoms with Crippen LogP contribution in [-0.2, 0) is 9.84 Å². The molecule has 0 saturated heterocycles. The van der Waals surface area contributed by atoms with Crippen molar-refractivity contribution in [2.45, 2.75) is 36.7 Å². The number of sulfone groups is 1. The van der Waals surface area contributed by atoms with Crippen LogP contribution in [0.5, 0.6) is 0 Å². The van der Waals surface area contributed by atoms with Gasteiger partial charge in [0.25, 0.3) is 0 Å². The Hall–Kier alpha value is -0.870. The van der Waals surface area contributed by atoms with Gasteiger partial charge in [-0.25, -0.2) is 8.42 Å². The van der Waals surface area contributed by atoms with Crippen molar-refractivity contribution >= 4 is 9.84 Å². The first kappa shape index (κ1) is 12.6. The van der Waals surface area contributed by atoms with Crippen molar-refractivity contribution in [2.24, 2.45) is 5.92 Å². The van der Waals surface area contributed by atoms with Crippen LogP contribution in [0, 0.1) is 5.92 Å². The van der Waals surface area contributed by atoms with Gasteiger partial charge < -0.3 is 5.11 Å². The molecule has 0 spiro atoms. The molecule has 0 unspecified atom stereocenters. The largest absolute Gasteiger partial charge is 0.393 e. The van der Waals surface area contributed by atoms with E-state index in [4.69, 9.17) is 0 Å². The molecule has 0 aliphatic heterocycles. The first-order valence-electron chi connectivity index (χ1n) is 6.05. The summed E-state index contributed by atoms with van der Waals surface area (Å²) in [6.45, 7) is 0. The summed E-state index contributed by atoms with van der Waals surface area (Å²) < 4.78 is 24.3. The maximum Gasteiger partial charge on any atom is 0.178 e. The molecule has 2 rings (SSSR count). The summed E-state index contributed by atoms with van der Waals surface area (Å²) in [7, 11) is -3.25. The molecule has 94 valence electrons. The lowest BCUT2D eigenvalue weighted by Gasteiger charge is -2.27. The second-order valence-corrected chi connectivity index (χ2v) is 6.74. The minimum absolute atomic E-state index is 0.0676. The molecule has 0 heterocycles. The van der Waals surface area contributed by atoms with Crippen molar-refractivity contribution in [3.63, 3.8) is 0 Å². The molecule has 1 fully saturated rings. The summed E-state index contributed by atoms with van der Waals surface area (Å²) in [5.74, 6) is -0.0352. The van der Waals surface area contributed by atoms with Crippen LogP contribution in [-0.4, -0.2) is 25.4 Å². The Kier molecular flexibility index (Phi) is 3.84. The van der Waals surface area contributed by atoms with Crippen molar-refractivity contribution in [3.05, 3.63) is 30.3 Å². The van der Waals surface area contributed by atoms with Gasteiger partial charge in [0.2, 0.25) is 0 Å². The molecule has 0 radical (unpaired) electrons. The van der Waals surface area contributed by atoms with Crippen molar-refractivity contribution in [2.75, 3.05) is 5.75 Å². The highest BCUT2D eigenvalue weighted by Gasteiger charge is 2.28. The minimum atomic E-state index is -3.25. The standard InChI is InChI=1S/C13H18O3S/c14-13-9-5-4-6-11(13)10-17(15,16)12-7-2-1-3-8-12/h1-3,7-8,11,13-14H,4-6,9-10H2/t11-,13+/m0/s1. The second kappa shape index (κ2) is 5.19. The first-order chi connectivity index (χ1) is 8.09. The third-order valence-electron chi connectivity index (χ3n) is 3.40. The molecule has 4 heteroatoms. The molecular weight excluding hydrogens is 236 g/mol. The fourth-order valence-electron chi connectivity index (χ4n) is 2.39. The second-order valence-electron chi connectivity index (χ2n) is 4.71. The van der Waals surface area contributed by atoms with Crippen molar-refractivity contribution in [1.29, 1.82) is 0 Å². The zero-order valence-electron chi connectivity index (χ0n) is 9.75. The average Bonchev–Trinajstić information content (AvgIpc) is 2.33. The van der Waals surface area contributed by atoms with Gasteiger partial charge in [0.15, 0.2) is 9.84 Å². The Bertz CT molecular complexity index is 453. The molecule has 3 nitrogen and oxygen atoms in total. The highest BCUT2D eigenvalue weighted by atomic mass is 32.2. The monoisotopic (exact) mass is 254 g/mol. The van der Waals surface area contributed by atoms with Gasteiger partial charge in [-0.3, -0.25) is 0 Å². The van der Waals surface area contributed by atoms with Crippen LogP contribution in [0.1, 0.15) is 25.7 Å². The summed E-state index contributed by atoms with van der Waals surface area (Å²) in [6, 6.07) is 8.48. The van der Waals surface area contributed by atoms with E-state index in [1.165, 1.54) is 0 Å². The Labute approximate surface area is 102 Å². The molecule has 1 aromatic carbocycles. The van der Waals surface area contributed by atoms with Crippen LogP contribution in [0.3, 0.4) is 0 Å². The molecule has 17 heavy (non-hydrogen) atoms. The Morgan fingerprint density at radius 2 is 1.76 bits per heavy atom. The van der Waals surface area contributed by atoms with Gasteiger partial charge in [0.1, 0.15) is 0 Å². The summed E-state index contributed by atoms with van der Waals surface area (Å²) >= 11 is 0. The van der Waals surface area contributed by atoms with Crippen molar-refractivity contribution in [3.8, 4) is 0 Å². The van der Waals surface area contributed by atoms with Gasteiger partial charge in [-0.2, -0.15) is 0 Å². The molecule has 0 amide bonds. The van der Waals surface area contributed by atoms with Gasteiger partial charge in [-0.05, 0) is 30.9 Å². The van der Waals surface area contributed by atoms with E-state index in [-0.39, 0.29) is 11.7 Å². The highest BCUT2D eigenvalue weighted by molar-refractivity contribution is 7.91. The van der Waals surface area contributed by atoms with Crippen LogP contribution in [0.2, 0.25) is 0 Å². The summed E-state index contributed by atoms with van der Waals surface area (Å²) in [5, 5.41) is 9.81. The number of hydrogen-bond donors (Lipinski definition) is 1. The van der Waals surface area contributed by atoms with Crippen LogP contribution >= 0.6 is 0 Å². The Balaban J connectivity index is 2.12. The predicted octanol–water partition coefficient (Wildman–Crippen LogP) is 2.01. The summed E-state index contributed by atoms with van der Waals surface area (Å²) in [6.07, 6.45) is 3.11. The van der Waals surface area contributed by atoms with Crippen molar-refractivity contribution < 1.29 is 13.5 Å². The average molecular weight is 254 g/mol. The minimum Gasteiger partial charge on any atom is -0.393 e. The van der Waals surface area contributed by atoms with E-state index >= 15 is 0 Å². The SMILES string of the molecule is O=S(=O)(C[C@@H]1CCCC[C@H]1O)c1ccccc1. The number of aliphatic hydroxyl groups is 1. The molecule has 1 N–H and O–H groups in total. The van der Waals surface area contributed by atoms with E-state index in [9.17, 15) is 13.5 Å². The predicted molar refractivity (Wildman–Crippen MR) is 66.5 cm³/mol. The van der Waals surface area contributed by atoms with E-state index in [0.717, 1.165) is 25.7 Å². The maximum absolute atomic E-state index is 12.1. The highest BCUT2D eigenvalue weighted by Crippen LogP contribution is 2.27. The molecule has 1 aliphatic carbocycles. The van der Waals surface area contributed by atoms with Crippen LogP contribution in [0.15, 0.2) is 35.2 Å². The summed E-state index contributed by atoms with van der Waals surface area (Å²) in [4.78, 5) is 0.359. The Morgan fingerprint density at radius 1 is 1.12 bits per heavy atom. The third-order valence-corrected chi connectivity index (χ3v) is 5.26. The lowest BCUT2D eigenvalue weighted by molar-refractivity contribution is 0.0807. The number of benzene rings is 1. The lowest BCUT2D eigenvalue weighted by atomic mass is 9.88. The van der Waals surface area contributed by atoms with Gasteiger partial charge in [0.05, 0.1) is 16.8 Å². The van der Waals surface area contributed by atoms with Gasteiger partial charge >= 0.3 is 0 Å². The van der Waals surface area contributed by atoms with E-state index in [1.807, 2.05) is 0 Å². The quantitative estimate of drug-likeness (QED) is 0.897. The molecule has 2 atom stereocenters. The van der Waals surface area contributed by atoms with Crippen LogP contribution in [0.25, 0.3) is 0 Å². The van der Waals surface area contributed by atoms with Gasteiger partial charge in [0, 0.05) is 0 Å². The molecular formula is C13H18O3S. The van der Waals surface area contributed by atoms with Crippen molar-refractivity contribution in [1.82, 2.24) is 0 Å². The van der Waals surface area contributed by atoms with E-state index in [2.05, 4.69) is 0 Å². The number of aliphatic hydroxyl groups excluding tert-OH is 1. The van der Waals surface area contributed by atoms with E-state index in [1.54, 1.807) is 30.3 Å². The van der Waals surface area contributed by atoms with Gasteiger partial charge in [-0.15, -0.1) is 0 Å². The maximum atomic E-state index is 12.1. The molecule has 1 saturated carbocycles. The molecule has 1 aliphatic rings. The third kappa shape index (κ3) is 3.07. The fraction of sp³-hybridized carbons (Fsp3) is 0.538. The number of rotatable bonds is 3.